The first kappa shape index (κ1) is 19.6. The van der Waals surface area contributed by atoms with Crippen LogP contribution < -0.4 is 20.1 Å². The minimum atomic E-state index is 0.575. The Morgan fingerprint density at radius 3 is 2.35 bits per heavy atom. The van der Waals surface area contributed by atoms with Gasteiger partial charge in [-0.25, -0.2) is 0 Å². The first-order valence-corrected chi connectivity index (χ1v) is 8.55. The van der Waals surface area contributed by atoms with Crippen molar-refractivity contribution in [2.75, 3.05) is 33.2 Å². The molecule has 0 aliphatic rings. The SMILES string of the molecule is CCOc1cc(NC(=NC)NCc2ccc(COC)cc2)ccc1OC. The van der Waals surface area contributed by atoms with Crippen LogP contribution in [0.2, 0.25) is 0 Å². The van der Waals surface area contributed by atoms with Crippen molar-refractivity contribution >= 4 is 11.6 Å². The van der Waals surface area contributed by atoms with Gasteiger partial charge in [-0.15, -0.1) is 0 Å². The maximum Gasteiger partial charge on any atom is 0.195 e. The van der Waals surface area contributed by atoms with Crippen LogP contribution in [-0.2, 0) is 17.9 Å². The Labute approximate surface area is 155 Å². The standard InChI is InChI=1S/C20H27N3O3/c1-5-26-19-12-17(10-11-18(19)25-4)23-20(21-2)22-13-15-6-8-16(9-7-15)14-24-3/h6-12H,5,13-14H2,1-4H3,(H2,21,22,23). The number of hydrogen-bond donors (Lipinski definition) is 2. The zero-order chi connectivity index (χ0) is 18.8. The van der Waals surface area contributed by atoms with Gasteiger partial charge in [0.05, 0.1) is 20.3 Å². The molecule has 0 saturated heterocycles. The molecule has 6 nitrogen and oxygen atoms in total. The number of nitrogens with one attached hydrogen (secondary N) is 2. The topological polar surface area (TPSA) is 64.1 Å². The van der Waals surface area contributed by atoms with Crippen molar-refractivity contribution in [3.63, 3.8) is 0 Å². The third-order valence-electron chi connectivity index (χ3n) is 3.74. The lowest BCUT2D eigenvalue weighted by Gasteiger charge is -2.15. The lowest BCUT2D eigenvalue weighted by atomic mass is 10.1. The molecule has 26 heavy (non-hydrogen) atoms. The highest BCUT2D eigenvalue weighted by Gasteiger charge is 2.07. The number of anilines is 1. The number of rotatable bonds is 8. The molecule has 0 fully saturated rings. The Bertz CT molecular complexity index is 715. The Morgan fingerprint density at radius 1 is 1.00 bits per heavy atom. The molecule has 0 atom stereocenters. The van der Waals surface area contributed by atoms with Crippen LogP contribution >= 0.6 is 0 Å². The van der Waals surface area contributed by atoms with Crippen LogP contribution in [0, 0.1) is 0 Å². The zero-order valence-electron chi connectivity index (χ0n) is 15.8. The van der Waals surface area contributed by atoms with Crippen LogP contribution in [0.1, 0.15) is 18.1 Å². The lowest BCUT2D eigenvalue weighted by molar-refractivity contribution is 0.185. The minimum Gasteiger partial charge on any atom is -0.493 e. The summed E-state index contributed by atoms with van der Waals surface area (Å²) in [6, 6.07) is 14.0. The van der Waals surface area contributed by atoms with Crippen molar-refractivity contribution in [2.24, 2.45) is 4.99 Å². The van der Waals surface area contributed by atoms with Crippen molar-refractivity contribution < 1.29 is 14.2 Å². The molecule has 0 aliphatic heterocycles. The second-order valence-electron chi connectivity index (χ2n) is 5.60. The Balaban J connectivity index is 1.97. The van der Waals surface area contributed by atoms with E-state index in [0.717, 1.165) is 16.8 Å². The summed E-state index contributed by atoms with van der Waals surface area (Å²) < 4.78 is 16.0. The maximum absolute atomic E-state index is 5.61. The summed E-state index contributed by atoms with van der Waals surface area (Å²) in [6.07, 6.45) is 0. The molecule has 0 radical (unpaired) electrons. The summed E-state index contributed by atoms with van der Waals surface area (Å²) in [5, 5.41) is 6.57. The number of benzene rings is 2. The normalized spacial score (nSPS) is 11.2. The quantitative estimate of drug-likeness (QED) is 0.560. The van der Waals surface area contributed by atoms with Gasteiger partial charge in [-0.2, -0.15) is 0 Å². The highest BCUT2D eigenvalue weighted by Crippen LogP contribution is 2.30. The van der Waals surface area contributed by atoms with Crippen LogP contribution in [0.25, 0.3) is 0 Å². The summed E-state index contributed by atoms with van der Waals surface area (Å²) >= 11 is 0. The van der Waals surface area contributed by atoms with Crippen molar-refractivity contribution in [1.82, 2.24) is 5.32 Å². The van der Waals surface area contributed by atoms with E-state index in [4.69, 9.17) is 14.2 Å². The second-order valence-corrected chi connectivity index (χ2v) is 5.60. The largest absolute Gasteiger partial charge is 0.493 e. The van der Waals surface area contributed by atoms with Crippen LogP contribution in [0.4, 0.5) is 5.69 Å². The fraction of sp³-hybridized carbons (Fsp3) is 0.350. The lowest BCUT2D eigenvalue weighted by Crippen LogP contribution is -2.30. The number of nitrogens with zero attached hydrogens (tertiary/aromatic N) is 1. The first-order valence-electron chi connectivity index (χ1n) is 8.55. The number of guanidine groups is 1. The predicted molar refractivity (Wildman–Crippen MR) is 105 cm³/mol. The van der Waals surface area contributed by atoms with Gasteiger partial charge in [0.2, 0.25) is 0 Å². The van der Waals surface area contributed by atoms with Gasteiger partial charge in [0.1, 0.15) is 0 Å². The number of ether oxygens (including phenoxy) is 3. The molecule has 0 aromatic heterocycles. The van der Waals surface area contributed by atoms with Crippen molar-refractivity contribution in [1.29, 1.82) is 0 Å². The average molecular weight is 357 g/mol. The summed E-state index contributed by atoms with van der Waals surface area (Å²) in [6.45, 7) is 3.81. The second kappa shape index (κ2) is 10.3. The van der Waals surface area contributed by atoms with E-state index in [0.29, 0.717) is 37.2 Å². The third-order valence-corrected chi connectivity index (χ3v) is 3.74. The number of aliphatic imine (C=N–C) groups is 1. The maximum atomic E-state index is 5.61. The van der Waals surface area contributed by atoms with Crippen LogP contribution in [0.15, 0.2) is 47.5 Å². The third kappa shape index (κ3) is 5.67. The monoisotopic (exact) mass is 357 g/mol. The molecule has 2 aromatic rings. The molecular formula is C20H27N3O3. The van der Waals surface area contributed by atoms with Gasteiger partial charge >= 0.3 is 0 Å². The fourth-order valence-electron chi connectivity index (χ4n) is 2.44. The zero-order valence-corrected chi connectivity index (χ0v) is 15.8. The van der Waals surface area contributed by atoms with Crippen LogP contribution in [0.3, 0.4) is 0 Å². The average Bonchev–Trinajstić information content (AvgIpc) is 2.67. The Morgan fingerprint density at radius 2 is 1.73 bits per heavy atom. The summed E-state index contributed by atoms with van der Waals surface area (Å²) in [7, 11) is 5.06. The molecule has 2 aromatic carbocycles. The molecule has 2 N–H and O–H groups in total. The van der Waals surface area contributed by atoms with Crippen LogP contribution in [-0.4, -0.2) is 33.8 Å². The van der Waals surface area contributed by atoms with Gasteiger partial charge in [-0.05, 0) is 30.2 Å². The molecule has 0 spiro atoms. The van der Waals surface area contributed by atoms with E-state index >= 15 is 0 Å². The van der Waals surface area contributed by atoms with Crippen LogP contribution in [0.5, 0.6) is 11.5 Å². The van der Waals surface area contributed by atoms with Gasteiger partial charge in [-0.1, -0.05) is 24.3 Å². The van der Waals surface area contributed by atoms with E-state index in [1.807, 2.05) is 25.1 Å². The molecule has 0 bridgehead atoms. The fourth-order valence-corrected chi connectivity index (χ4v) is 2.44. The molecule has 0 heterocycles. The van der Waals surface area contributed by atoms with Gasteiger partial charge in [0, 0.05) is 32.5 Å². The van der Waals surface area contributed by atoms with Crippen molar-refractivity contribution in [2.45, 2.75) is 20.1 Å². The molecule has 0 aliphatic carbocycles. The smallest absolute Gasteiger partial charge is 0.195 e. The minimum absolute atomic E-state index is 0.575. The molecule has 0 amide bonds. The number of hydrogen-bond acceptors (Lipinski definition) is 4. The molecule has 140 valence electrons. The van der Waals surface area contributed by atoms with Crippen molar-refractivity contribution in [3.8, 4) is 11.5 Å². The predicted octanol–water partition coefficient (Wildman–Crippen LogP) is 3.43. The Hall–Kier alpha value is -2.73. The van der Waals surface area contributed by atoms with Gasteiger partial charge in [-0.3, -0.25) is 4.99 Å². The number of methoxy groups -OCH3 is 2. The molecular weight excluding hydrogens is 330 g/mol. The van der Waals surface area contributed by atoms with E-state index in [-0.39, 0.29) is 0 Å². The highest BCUT2D eigenvalue weighted by molar-refractivity contribution is 5.93. The van der Waals surface area contributed by atoms with Gasteiger partial charge < -0.3 is 24.8 Å². The van der Waals surface area contributed by atoms with E-state index in [1.165, 1.54) is 0 Å². The Kier molecular flexibility index (Phi) is 7.76. The summed E-state index contributed by atoms with van der Waals surface area (Å²) in [4.78, 5) is 4.27. The van der Waals surface area contributed by atoms with E-state index < -0.39 is 0 Å². The first-order chi connectivity index (χ1) is 12.7. The van der Waals surface area contributed by atoms with Crippen molar-refractivity contribution in [3.05, 3.63) is 53.6 Å². The summed E-state index contributed by atoms with van der Waals surface area (Å²) in [5.74, 6) is 2.08. The van der Waals surface area contributed by atoms with E-state index in [2.05, 4.69) is 39.9 Å². The molecule has 0 unspecified atom stereocenters. The summed E-state index contributed by atoms with van der Waals surface area (Å²) in [5.41, 5.74) is 3.19. The molecule has 0 saturated carbocycles. The van der Waals surface area contributed by atoms with E-state index in [1.54, 1.807) is 21.3 Å². The van der Waals surface area contributed by atoms with Gasteiger partial charge in [0.15, 0.2) is 17.5 Å². The molecule has 2 rings (SSSR count). The highest BCUT2D eigenvalue weighted by atomic mass is 16.5. The molecule has 6 heteroatoms. The van der Waals surface area contributed by atoms with E-state index in [9.17, 15) is 0 Å². The van der Waals surface area contributed by atoms with Gasteiger partial charge in [0.25, 0.3) is 0 Å².